The van der Waals surface area contributed by atoms with Gasteiger partial charge in [-0.25, -0.2) is 0 Å². The topological polar surface area (TPSA) is 25.4 Å². The molecule has 4 heteroatoms. The molecule has 110 valence electrons. The first-order valence-corrected chi connectivity index (χ1v) is 8.04. The van der Waals surface area contributed by atoms with Crippen molar-refractivity contribution in [2.24, 2.45) is 0 Å². The lowest BCUT2D eigenvalue weighted by Gasteiger charge is -2.41. The number of benzene rings is 1. The lowest BCUT2D eigenvalue weighted by molar-refractivity contribution is -0.0712. The molecule has 0 atom stereocenters. The molecular formula is C17H19ClN2O. The molecule has 1 aromatic heterocycles. The molecule has 2 saturated heterocycles. The van der Waals surface area contributed by atoms with Gasteiger partial charge in [0.2, 0.25) is 0 Å². The Morgan fingerprint density at radius 1 is 1.14 bits per heavy atom. The number of aromatic nitrogens is 1. The van der Waals surface area contributed by atoms with E-state index in [9.17, 15) is 0 Å². The molecule has 0 radical (unpaired) electrons. The summed E-state index contributed by atoms with van der Waals surface area (Å²) in [6.45, 7) is 4.13. The zero-order chi connectivity index (χ0) is 14.2. The zero-order valence-corrected chi connectivity index (χ0v) is 12.7. The Balaban J connectivity index is 1.55. The van der Waals surface area contributed by atoms with Crippen LogP contribution in [0.3, 0.4) is 0 Å². The molecule has 3 nitrogen and oxygen atoms in total. The van der Waals surface area contributed by atoms with Crippen molar-refractivity contribution in [2.45, 2.75) is 24.8 Å². The zero-order valence-electron chi connectivity index (χ0n) is 12.0. The number of likely N-dealkylation sites (tertiary alicyclic amines) is 1. The van der Waals surface area contributed by atoms with Gasteiger partial charge in [0.25, 0.3) is 0 Å². The third kappa shape index (κ3) is 2.54. The third-order valence-corrected chi connectivity index (χ3v) is 5.19. The molecule has 2 aliphatic heterocycles. The van der Waals surface area contributed by atoms with Crippen LogP contribution in [0.2, 0.25) is 5.02 Å². The molecule has 0 bridgehead atoms. The summed E-state index contributed by atoms with van der Waals surface area (Å²) in [5.41, 5.74) is 1.31. The SMILES string of the molecule is Clc1cc2cnccc2cc1C1CCN(C2COC2)CC1. The number of fused-ring (bicyclic) bond motifs is 1. The number of hydrogen-bond acceptors (Lipinski definition) is 3. The molecule has 0 N–H and O–H groups in total. The summed E-state index contributed by atoms with van der Waals surface area (Å²) in [4.78, 5) is 6.73. The number of nitrogens with zero attached hydrogens (tertiary/aromatic N) is 2. The smallest absolute Gasteiger partial charge is 0.0645 e. The van der Waals surface area contributed by atoms with Gasteiger partial charge >= 0.3 is 0 Å². The molecule has 0 saturated carbocycles. The van der Waals surface area contributed by atoms with Crippen LogP contribution in [-0.4, -0.2) is 42.2 Å². The van der Waals surface area contributed by atoms with Gasteiger partial charge in [-0.15, -0.1) is 0 Å². The highest BCUT2D eigenvalue weighted by molar-refractivity contribution is 6.32. The number of hydrogen-bond donors (Lipinski definition) is 0. The maximum atomic E-state index is 6.51. The highest BCUT2D eigenvalue weighted by Gasteiger charge is 2.30. The normalized spacial score (nSPS) is 21.6. The van der Waals surface area contributed by atoms with Gasteiger partial charge in [-0.3, -0.25) is 9.88 Å². The van der Waals surface area contributed by atoms with Crippen molar-refractivity contribution in [2.75, 3.05) is 26.3 Å². The van der Waals surface area contributed by atoms with E-state index in [1.54, 1.807) is 0 Å². The Morgan fingerprint density at radius 3 is 2.67 bits per heavy atom. The van der Waals surface area contributed by atoms with Crippen LogP contribution in [0.5, 0.6) is 0 Å². The molecule has 2 aromatic rings. The van der Waals surface area contributed by atoms with Crippen LogP contribution < -0.4 is 0 Å². The van der Waals surface area contributed by atoms with E-state index in [0.29, 0.717) is 12.0 Å². The van der Waals surface area contributed by atoms with Gasteiger partial charge < -0.3 is 4.74 Å². The first-order chi connectivity index (χ1) is 10.3. The van der Waals surface area contributed by atoms with Gasteiger partial charge in [0.15, 0.2) is 0 Å². The van der Waals surface area contributed by atoms with E-state index in [4.69, 9.17) is 16.3 Å². The Hall–Kier alpha value is -1.16. The maximum absolute atomic E-state index is 6.51. The van der Waals surface area contributed by atoms with Crippen LogP contribution in [0, 0.1) is 0 Å². The number of rotatable bonds is 2. The Bertz CT molecular complexity index is 648. The van der Waals surface area contributed by atoms with E-state index in [-0.39, 0.29) is 0 Å². The van der Waals surface area contributed by atoms with E-state index in [0.717, 1.165) is 36.7 Å². The van der Waals surface area contributed by atoms with Crippen molar-refractivity contribution in [1.82, 2.24) is 9.88 Å². The molecule has 3 heterocycles. The maximum Gasteiger partial charge on any atom is 0.0645 e. The monoisotopic (exact) mass is 302 g/mol. The van der Waals surface area contributed by atoms with E-state index in [1.165, 1.54) is 23.8 Å². The molecule has 4 rings (SSSR count). The molecule has 0 unspecified atom stereocenters. The average molecular weight is 303 g/mol. The van der Waals surface area contributed by atoms with Gasteiger partial charge in [0.05, 0.1) is 19.3 Å². The van der Waals surface area contributed by atoms with Crippen LogP contribution in [0.4, 0.5) is 0 Å². The van der Waals surface area contributed by atoms with Gasteiger partial charge in [0, 0.05) is 22.8 Å². The second-order valence-corrected chi connectivity index (χ2v) is 6.51. The Morgan fingerprint density at radius 2 is 1.95 bits per heavy atom. The molecule has 21 heavy (non-hydrogen) atoms. The quantitative estimate of drug-likeness (QED) is 0.849. The summed E-state index contributed by atoms with van der Waals surface area (Å²) in [5, 5.41) is 3.25. The van der Waals surface area contributed by atoms with Crippen molar-refractivity contribution in [1.29, 1.82) is 0 Å². The number of ether oxygens (including phenoxy) is 1. The lowest BCUT2D eigenvalue weighted by atomic mass is 9.87. The van der Waals surface area contributed by atoms with Crippen molar-refractivity contribution >= 4 is 22.4 Å². The van der Waals surface area contributed by atoms with Crippen molar-refractivity contribution in [3.8, 4) is 0 Å². The van der Waals surface area contributed by atoms with Gasteiger partial charge in [-0.2, -0.15) is 0 Å². The summed E-state index contributed by atoms with van der Waals surface area (Å²) in [6.07, 6.45) is 6.10. The second kappa shape index (κ2) is 5.56. The highest BCUT2D eigenvalue weighted by atomic mass is 35.5. The number of pyridine rings is 1. The predicted octanol–water partition coefficient (Wildman–Crippen LogP) is 3.47. The minimum Gasteiger partial charge on any atom is -0.378 e. The summed E-state index contributed by atoms with van der Waals surface area (Å²) in [5.74, 6) is 0.576. The highest BCUT2D eigenvalue weighted by Crippen LogP contribution is 2.36. The van der Waals surface area contributed by atoms with Crippen LogP contribution in [0.1, 0.15) is 24.3 Å². The van der Waals surface area contributed by atoms with Gasteiger partial charge in [-0.1, -0.05) is 11.6 Å². The minimum absolute atomic E-state index is 0.576. The van der Waals surface area contributed by atoms with Gasteiger partial charge in [-0.05, 0) is 61.0 Å². The number of piperidine rings is 1. The molecule has 2 fully saturated rings. The third-order valence-electron chi connectivity index (χ3n) is 4.86. The fourth-order valence-electron chi connectivity index (χ4n) is 3.45. The molecule has 0 spiro atoms. The van der Waals surface area contributed by atoms with Crippen molar-refractivity contribution in [3.63, 3.8) is 0 Å². The van der Waals surface area contributed by atoms with Crippen LogP contribution in [0.15, 0.2) is 30.6 Å². The van der Waals surface area contributed by atoms with Crippen LogP contribution in [-0.2, 0) is 4.74 Å². The molecule has 2 aliphatic rings. The van der Waals surface area contributed by atoms with Crippen molar-refractivity contribution in [3.05, 3.63) is 41.2 Å². The largest absolute Gasteiger partial charge is 0.378 e. The fourth-order valence-corrected chi connectivity index (χ4v) is 3.77. The van der Waals surface area contributed by atoms with E-state index in [1.807, 2.05) is 12.4 Å². The second-order valence-electron chi connectivity index (χ2n) is 6.10. The molecule has 0 amide bonds. The molecule has 1 aromatic carbocycles. The van der Waals surface area contributed by atoms with E-state index >= 15 is 0 Å². The lowest BCUT2D eigenvalue weighted by Crippen LogP contribution is -2.51. The summed E-state index contributed by atoms with van der Waals surface area (Å²) in [6, 6.07) is 7.04. The van der Waals surface area contributed by atoms with Crippen LogP contribution >= 0.6 is 11.6 Å². The Labute approximate surface area is 129 Å². The van der Waals surface area contributed by atoms with Gasteiger partial charge in [0.1, 0.15) is 0 Å². The number of halogens is 1. The predicted molar refractivity (Wildman–Crippen MR) is 84.9 cm³/mol. The summed E-state index contributed by atoms with van der Waals surface area (Å²) < 4.78 is 5.30. The first-order valence-electron chi connectivity index (χ1n) is 7.66. The standard InChI is InChI=1S/C17H19ClN2O/c18-17-8-14-9-19-4-1-13(14)7-16(17)12-2-5-20(6-3-12)15-10-21-11-15/h1,4,7-9,12,15H,2-3,5-6,10-11H2. The van der Waals surface area contributed by atoms with E-state index in [2.05, 4.69) is 28.1 Å². The summed E-state index contributed by atoms with van der Waals surface area (Å²) >= 11 is 6.51. The van der Waals surface area contributed by atoms with E-state index < -0.39 is 0 Å². The molecule has 0 aliphatic carbocycles. The molecular weight excluding hydrogens is 284 g/mol. The first kappa shape index (κ1) is 13.5. The van der Waals surface area contributed by atoms with Crippen LogP contribution in [0.25, 0.3) is 10.8 Å². The Kier molecular flexibility index (Phi) is 3.57. The van der Waals surface area contributed by atoms with Crippen molar-refractivity contribution < 1.29 is 4.74 Å². The average Bonchev–Trinajstić information content (AvgIpc) is 2.46. The minimum atomic E-state index is 0.576. The summed E-state index contributed by atoms with van der Waals surface area (Å²) in [7, 11) is 0. The fraction of sp³-hybridized carbons (Fsp3) is 0.471.